The third-order valence-corrected chi connectivity index (χ3v) is 7.33. The van der Waals surface area contributed by atoms with Crippen molar-refractivity contribution in [3.8, 4) is 10.4 Å². The first-order valence-electron chi connectivity index (χ1n) is 12.4. The molecular weight excluding hydrogens is 518 g/mol. The Bertz CT molecular complexity index is 1480. The molecule has 0 unspecified atom stereocenters. The van der Waals surface area contributed by atoms with E-state index in [4.69, 9.17) is 11.5 Å². The highest BCUT2D eigenvalue weighted by Gasteiger charge is 2.19. The maximum absolute atomic E-state index is 13.6. The molecule has 1 aromatic carbocycles. The summed E-state index contributed by atoms with van der Waals surface area (Å²) in [5.74, 6) is -0.441. The van der Waals surface area contributed by atoms with Gasteiger partial charge in [-0.15, -0.1) is 11.3 Å². The van der Waals surface area contributed by atoms with Gasteiger partial charge in [-0.25, -0.2) is 18.8 Å². The first-order chi connectivity index (χ1) is 18.8. The molecule has 3 aromatic rings. The molecule has 0 spiro atoms. The van der Waals surface area contributed by atoms with Gasteiger partial charge in [0, 0.05) is 46.4 Å². The Balaban J connectivity index is 1.47. The van der Waals surface area contributed by atoms with Crippen molar-refractivity contribution in [3.05, 3.63) is 100 Å². The predicted molar refractivity (Wildman–Crippen MR) is 155 cm³/mol. The van der Waals surface area contributed by atoms with Crippen molar-refractivity contribution in [1.29, 1.82) is 0 Å². The molecule has 4 rings (SSSR count). The van der Waals surface area contributed by atoms with E-state index >= 15 is 0 Å². The van der Waals surface area contributed by atoms with Crippen molar-refractivity contribution in [3.63, 3.8) is 0 Å². The lowest BCUT2D eigenvalue weighted by atomic mass is 10.0. The van der Waals surface area contributed by atoms with E-state index in [-0.39, 0.29) is 18.9 Å². The SMILES string of the molecule is C=CN=C(N)c1cc(-c2ccc(CNc3ncc(CC)cc3C(=O)NCC3=CC[C@H](F)C(F)=C3)s2)ccc1N. The van der Waals surface area contributed by atoms with E-state index in [0.29, 0.717) is 47.0 Å². The topological polar surface area (TPSA) is 118 Å². The number of benzene rings is 1. The monoisotopic (exact) mass is 548 g/mol. The number of hydrogen-bond acceptors (Lipinski definition) is 6. The van der Waals surface area contributed by atoms with Crippen LogP contribution in [0.5, 0.6) is 0 Å². The second kappa shape index (κ2) is 12.5. The average Bonchev–Trinajstić information content (AvgIpc) is 3.41. The van der Waals surface area contributed by atoms with Crippen LogP contribution in [0.25, 0.3) is 10.4 Å². The fraction of sp³-hybridized carbons (Fsp3) is 0.207. The van der Waals surface area contributed by atoms with E-state index in [2.05, 4.69) is 27.2 Å². The largest absolute Gasteiger partial charge is 0.398 e. The van der Waals surface area contributed by atoms with Gasteiger partial charge in [0.05, 0.1) is 12.1 Å². The molecular formula is C29H30F2N6OS. The number of rotatable bonds is 10. The smallest absolute Gasteiger partial charge is 0.255 e. The minimum Gasteiger partial charge on any atom is -0.398 e. The van der Waals surface area contributed by atoms with Crippen LogP contribution in [0, 0.1) is 0 Å². The lowest BCUT2D eigenvalue weighted by Crippen LogP contribution is -2.27. The van der Waals surface area contributed by atoms with Crippen LogP contribution in [0.1, 0.15) is 39.7 Å². The second-order valence-corrected chi connectivity index (χ2v) is 10.1. The van der Waals surface area contributed by atoms with Gasteiger partial charge in [0.15, 0.2) is 6.17 Å². The summed E-state index contributed by atoms with van der Waals surface area (Å²) in [7, 11) is 0. The first kappa shape index (κ1) is 27.7. The molecule has 1 amide bonds. The van der Waals surface area contributed by atoms with Gasteiger partial charge < -0.3 is 22.1 Å². The third-order valence-electron chi connectivity index (χ3n) is 6.20. The molecule has 1 aliphatic rings. The van der Waals surface area contributed by atoms with Gasteiger partial charge in [-0.1, -0.05) is 25.6 Å². The summed E-state index contributed by atoms with van der Waals surface area (Å²) in [6.45, 7) is 6.09. The highest BCUT2D eigenvalue weighted by atomic mass is 32.1. The maximum Gasteiger partial charge on any atom is 0.255 e. The quantitative estimate of drug-likeness (QED) is 0.148. The van der Waals surface area contributed by atoms with Crippen molar-refractivity contribution in [2.75, 3.05) is 17.6 Å². The highest BCUT2D eigenvalue weighted by molar-refractivity contribution is 7.15. The predicted octanol–water partition coefficient (Wildman–Crippen LogP) is 5.67. The number of carbonyl (C=O) groups is 1. The summed E-state index contributed by atoms with van der Waals surface area (Å²) < 4.78 is 27.0. The molecule has 0 bridgehead atoms. The van der Waals surface area contributed by atoms with Gasteiger partial charge in [0.1, 0.15) is 17.5 Å². The van der Waals surface area contributed by atoms with E-state index in [1.54, 1.807) is 35.7 Å². The molecule has 0 saturated carbocycles. The van der Waals surface area contributed by atoms with E-state index in [1.807, 2.05) is 31.2 Å². The van der Waals surface area contributed by atoms with Crippen LogP contribution in [0.2, 0.25) is 0 Å². The number of alkyl halides is 1. The summed E-state index contributed by atoms with van der Waals surface area (Å²) in [5, 5.41) is 6.06. The van der Waals surface area contributed by atoms with Crippen LogP contribution >= 0.6 is 11.3 Å². The Morgan fingerprint density at radius 3 is 2.82 bits per heavy atom. The van der Waals surface area contributed by atoms with Crippen molar-refractivity contribution in [1.82, 2.24) is 10.3 Å². The molecule has 6 N–H and O–H groups in total. The summed E-state index contributed by atoms with van der Waals surface area (Å²) >= 11 is 1.58. The lowest BCUT2D eigenvalue weighted by molar-refractivity contribution is 0.0957. The minimum atomic E-state index is -1.62. The number of aromatic nitrogens is 1. The van der Waals surface area contributed by atoms with Gasteiger partial charge in [-0.3, -0.25) is 4.79 Å². The number of amidine groups is 1. The molecule has 0 radical (unpaired) electrons. The summed E-state index contributed by atoms with van der Waals surface area (Å²) in [6.07, 6.45) is 4.88. The zero-order chi connectivity index (χ0) is 27.9. The molecule has 39 heavy (non-hydrogen) atoms. The van der Waals surface area contributed by atoms with Gasteiger partial charge >= 0.3 is 0 Å². The molecule has 0 fully saturated rings. The minimum absolute atomic E-state index is 0.0382. The van der Waals surface area contributed by atoms with Gasteiger partial charge in [0.25, 0.3) is 5.91 Å². The van der Waals surface area contributed by atoms with Crippen molar-refractivity contribution < 1.29 is 13.6 Å². The van der Waals surface area contributed by atoms with Gasteiger partial charge in [-0.2, -0.15) is 0 Å². The normalized spacial score (nSPS) is 15.4. The average molecular weight is 549 g/mol. The zero-order valence-corrected chi connectivity index (χ0v) is 22.3. The molecule has 1 atom stereocenters. The fourth-order valence-electron chi connectivity index (χ4n) is 4.01. The molecule has 10 heteroatoms. The van der Waals surface area contributed by atoms with Crippen molar-refractivity contribution in [2.24, 2.45) is 10.7 Å². The molecule has 7 nitrogen and oxygen atoms in total. The van der Waals surface area contributed by atoms with Crippen LogP contribution in [-0.2, 0) is 13.0 Å². The number of nitrogens with one attached hydrogen (secondary N) is 2. The lowest BCUT2D eigenvalue weighted by Gasteiger charge is -2.15. The third kappa shape index (κ3) is 6.77. The zero-order valence-electron chi connectivity index (χ0n) is 21.5. The standard InChI is InChI=1S/C29H30F2N6OS/c1-3-17-11-22(29(38)37-15-18-5-8-23(30)24(31)12-18)28(35-14-17)36-16-20-7-10-26(39-20)19-6-9-25(32)21(13-19)27(33)34-4-2/h4-7,9-14,23H,2-3,8,15-16,32H2,1H3,(H2,33,34)(H,35,36)(H,37,38)/t23-/m0/s1. The number of nitrogens with zero attached hydrogens (tertiary/aromatic N) is 2. The number of nitrogen functional groups attached to an aromatic ring is 1. The van der Waals surface area contributed by atoms with Crippen LogP contribution in [-0.4, -0.2) is 29.4 Å². The summed E-state index contributed by atoms with van der Waals surface area (Å²) in [4.78, 5) is 23.6. The molecule has 202 valence electrons. The number of hydrogen-bond donors (Lipinski definition) is 4. The molecule has 2 heterocycles. The number of amides is 1. The number of carbonyl (C=O) groups excluding carboxylic acids is 1. The number of allylic oxidation sites excluding steroid dienone is 2. The number of halogens is 2. The van der Waals surface area contributed by atoms with E-state index in [9.17, 15) is 13.6 Å². The molecule has 0 aliphatic heterocycles. The first-order valence-corrected chi connectivity index (χ1v) is 13.2. The van der Waals surface area contributed by atoms with E-state index < -0.39 is 12.0 Å². The molecule has 0 saturated heterocycles. The number of anilines is 2. The number of nitrogens with two attached hydrogens (primary N) is 2. The van der Waals surface area contributed by atoms with Crippen LogP contribution in [0.15, 0.2) is 83.9 Å². The maximum atomic E-state index is 13.6. The van der Waals surface area contributed by atoms with Crippen LogP contribution in [0.3, 0.4) is 0 Å². The Morgan fingerprint density at radius 2 is 2.08 bits per heavy atom. The van der Waals surface area contributed by atoms with Gasteiger partial charge in [-0.05, 0) is 59.5 Å². The van der Waals surface area contributed by atoms with Gasteiger partial charge in [0.2, 0.25) is 0 Å². The summed E-state index contributed by atoms with van der Waals surface area (Å²) in [5.41, 5.74) is 16.0. The number of pyridine rings is 1. The fourth-order valence-corrected chi connectivity index (χ4v) is 4.95. The van der Waals surface area contributed by atoms with E-state index in [0.717, 1.165) is 27.0 Å². The second-order valence-electron chi connectivity index (χ2n) is 8.91. The molecule has 2 aromatic heterocycles. The number of aliphatic imine (C=N–C) groups is 1. The van der Waals surface area contributed by atoms with E-state index in [1.165, 1.54) is 6.20 Å². The Morgan fingerprint density at radius 1 is 1.26 bits per heavy atom. The Labute approximate surface area is 230 Å². The van der Waals surface area contributed by atoms with Crippen LogP contribution < -0.4 is 22.1 Å². The Hall–Kier alpha value is -4.31. The van der Waals surface area contributed by atoms with Crippen LogP contribution in [0.4, 0.5) is 20.3 Å². The highest BCUT2D eigenvalue weighted by Crippen LogP contribution is 2.31. The Kier molecular flexibility index (Phi) is 8.88. The van der Waals surface area contributed by atoms with Crippen molar-refractivity contribution in [2.45, 2.75) is 32.5 Å². The van der Waals surface area contributed by atoms with Crippen molar-refractivity contribution >= 4 is 34.6 Å². The molecule has 1 aliphatic carbocycles. The summed E-state index contributed by atoms with van der Waals surface area (Å²) in [6, 6.07) is 11.4. The number of thiophene rings is 1. The number of aryl methyl sites for hydroxylation is 1.